The minimum Gasteiger partial charge on any atom is -0.396 e. The Hall–Kier alpha value is -1.30. The average molecular weight is 230 g/mol. The number of nitrogens with two attached hydrogens (primary N) is 1. The molecule has 0 atom stereocenters. The van der Waals surface area contributed by atoms with Gasteiger partial charge >= 0.3 is 0 Å². The topological polar surface area (TPSA) is 63.4 Å². The van der Waals surface area contributed by atoms with Crippen molar-refractivity contribution in [2.45, 2.75) is 12.7 Å². The number of hydrogen-bond acceptors (Lipinski definition) is 3. The van der Waals surface area contributed by atoms with E-state index in [1.807, 2.05) is 0 Å². The molecule has 1 aromatic rings. The van der Waals surface area contributed by atoms with E-state index in [4.69, 9.17) is 5.73 Å². The van der Waals surface area contributed by atoms with Crippen molar-refractivity contribution >= 4 is 21.4 Å². The van der Waals surface area contributed by atoms with E-state index in [1.165, 1.54) is 16.4 Å². The van der Waals surface area contributed by atoms with Crippen LogP contribution in [0.5, 0.6) is 0 Å². The monoisotopic (exact) mass is 230 g/mol. The molecule has 1 aliphatic rings. The van der Waals surface area contributed by atoms with Crippen LogP contribution in [0.1, 0.15) is 12.5 Å². The number of halogens is 1. The zero-order chi connectivity index (χ0) is 11.2. The predicted octanol–water partition coefficient (Wildman–Crippen LogP) is 1.08. The third-order valence-electron chi connectivity index (χ3n) is 2.43. The van der Waals surface area contributed by atoms with Crippen LogP contribution in [-0.2, 0) is 15.8 Å². The molecule has 0 aromatic heterocycles. The Labute approximate surface area is 87.5 Å². The molecule has 1 aliphatic heterocycles. The molecule has 15 heavy (non-hydrogen) atoms. The maximum absolute atomic E-state index is 13.2. The summed E-state index contributed by atoms with van der Waals surface area (Å²) < 4.78 is 37.7. The Bertz CT molecular complexity index is 513. The molecule has 1 heterocycles. The van der Waals surface area contributed by atoms with Gasteiger partial charge in [-0.3, -0.25) is 4.31 Å². The van der Waals surface area contributed by atoms with Gasteiger partial charge in [0.2, 0.25) is 10.0 Å². The Morgan fingerprint density at radius 1 is 1.53 bits per heavy atom. The molecule has 82 valence electrons. The van der Waals surface area contributed by atoms with Crippen molar-refractivity contribution in [3.63, 3.8) is 0 Å². The molecule has 0 saturated carbocycles. The molecule has 0 aliphatic carbocycles. The number of fused-ring (bicyclic) bond motifs is 1. The number of rotatable bonds is 1. The van der Waals surface area contributed by atoms with Crippen LogP contribution < -0.4 is 10.0 Å². The molecular formula is C9H11FN2O2S. The minimum absolute atomic E-state index is 0.0121. The lowest BCUT2D eigenvalue weighted by Crippen LogP contribution is -2.26. The molecule has 0 saturated heterocycles. The van der Waals surface area contributed by atoms with E-state index >= 15 is 0 Å². The summed E-state index contributed by atoms with van der Waals surface area (Å²) in [5.74, 6) is -0.676. The third kappa shape index (κ3) is 1.45. The number of anilines is 2. The predicted molar refractivity (Wildman–Crippen MR) is 56.5 cm³/mol. The van der Waals surface area contributed by atoms with Crippen LogP contribution in [-0.4, -0.2) is 15.0 Å². The van der Waals surface area contributed by atoms with E-state index in [1.54, 1.807) is 6.92 Å². The second kappa shape index (κ2) is 3.10. The van der Waals surface area contributed by atoms with Crippen LogP contribution in [0.15, 0.2) is 12.1 Å². The van der Waals surface area contributed by atoms with Gasteiger partial charge in [-0.15, -0.1) is 0 Å². The fraction of sp³-hybridized carbons (Fsp3) is 0.333. The van der Waals surface area contributed by atoms with Crippen LogP contribution >= 0.6 is 0 Å². The molecule has 0 unspecified atom stereocenters. The highest BCUT2D eigenvalue weighted by Gasteiger charge is 2.32. The highest BCUT2D eigenvalue weighted by Crippen LogP contribution is 2.35. The number of sulfonamides is 1. The molecule has 0 amide bonds. The van der Waals surface area contributed by atoms with Crippen molar-refractivity contribution in [2.75, 3.05) is 16.6 Å². The van der Waals surface area contributed by atoms with Gasteiger partial charge in [0.25, 0.3) is 0 Å². The standard InChI is InChI=1S/C9H11FN2O2S/c1-2-12-9-4-7(10)8(11)3-6(9)5-15(12,13)14/h3-4H,2,5,11H2,1H3. The second-order valence-electron chi connectivity index (χ2n) is 3.42. The summed E-state index contributed by atoms with van der Waals surface area (Å²) in [6.07, 6.45) is 0. The number of benzene rings is 1. The molecule has 2 N–H and O–H groups in total. The number of hydrogen-bond donors (Lipinski definition) is 1. The lowest BCUT2D eigenvalue weighted by atomic mass is 10.1. The van der Waals surface area contributed by atoms with Gasteiger partial charge in [0.15, 0.2) is 0 Å². The first kappa shape index (κ1) is 10.2. The quantitative estimate of drug-likeness (QED) is 0.734. The summed E-state index contributed by atoms with van der Waals surface area (Å²) in [6.45, 7) is 2.01. The van der Waals surface area contributed by atoms with E-state index in [-0.39, 0.29) is 11.4 Å². The van der Waals surface area contributed by atoms with Crippen molar-refractivity contribution in [3.05, 3.63) is 23.5 Å². The van der Waals surface area contributed by atoms with Gasteiger partial charge in [-0.2, -0.15) is 0 Å². The van der Waals surface area contributed by atoms with E-state index < -0.39 is 15.8 Å². The molecule has 0 spiro atoms. The van der Waals surface area contributed by atoms with Crippen molar-refractivity contribution < 1.29 is 12.8 Å². The van der Waals surface area contributed by atoms with Crippen molar-refractivity contribution in [1.82, 2.24) is 0 Å². The van der Waals surface area contributed by atoms with E-state index in [0.29, 0.717) is 17.8 Å². The second-order valence-corrected chi connectivity index (χ2v) is 5.32. The lowest BCUT2D eigenvalue weighted by Gasteiger charge is -2.15. The molecule has 0 radical (unpaired) electrons. The smallest absolute Gasteiger partial charge is 0.239 e. The summed E-state index contributed by atoms with van der Waals surface area (Å²) in [5, 5.41) is 0. The SMILES string of the molecule is CCN1c2cc(F)c(N)cc2CS1(=O)=O. The summed E-state index contributed by atoms with van der Waals surface area (Å²) >= 11 is 0. The van der Waals surface area contributed by atoms with Crippen LogP contribution in [0.2, 0.25) is 0 Å². The van der Waals surface area contributed by atoms with Crippen LogP contribution in [0.4, 0.5) is 15.8 Å². The highest BCUT2D eigenvalue weighted by atomic mass is 32.2. The van der Waals surface area contributed by atoms with Gasteiger partial charge in [0, 0.05) is 12.6 Å². The Morgan fingerprint density at radius 2 is 2.20 bits per heavy atom. The maximum Gasteiger partial charge on any atom is 0.239 e. The summed E-state index contributed by atoms with van der Waals surface area (Å²) in [5.41, 5.74) is 6.34. The van der Waals surface area contributed by atoms with Crippen LogP contribution in [0, 0.1) is 5.82 Å². The summed E-state index contributed by atoms with van der Waals surface area (Å²) in [6, 6.07) is 2.57. The first-order valence-corrected chi connectivity index (χ1v) is 6.15. The highest BCUT2D eigenvalue weighted by molar-refractivity contribution is 7.92. The largest absolute Gasteiger partial charge is 0.396 e. The van der Waals surface area contributed by atoms with Gasteiger partial charge < -0.3 is 5.73 Å². The van der Waals surface area contributed by atoms with E-state index in [9.17, 15) is 12.8 Å². The Balaban J connectivity index is 2.64. The van der Waals surface area contributed by atoms with Crippen molar-refractivity contribution in [2.24, 2.45) is 0 Å². The van der Waals surface area contributed by atoms with E-state index in [2.05, 4.69) is 0 Å². The molecule has 6 heteroatoms. The number of nitrogen functional groups attached to an aromatic ring is 1. The van der Waals surface area contributed by atoms with Gasteiger partial charge in [-0.1, -0.05) is 0 Å². The molecule has 0 bridgehead atoms. The van der Waals surface area contributed by atoms with Gasteiger partial charge in [0.1, 0.15) is 5.82 Å². The van der Waals surface area contributed by atoms with Gasteiger partial charge in [-0.05, 0) is 18.6 Å². The Kier molecular flexibility index (Phi) is 2.11. The van der Waals surface area contributed by atoms with Crippen LogP contribution in [0.25, 0.3) is 0 Å². The van der Waals surface area contributed by atoms with Crippen molar-refractivity contribution in [3.8, 4) is 0 Å². The van der Waals surface area contributed by atoms with E-state index in [0.717, 1.165) is 0 Å². The molecule has 0 fully saturated rings. The zero-order valence-corrected chi connectivity index (χ0v) is 9.01. The first-order valence-electron chi connectivity index (χ1n) is 4.54. The Morgan fingerprint density at radius 3 is 2.80 bits per heavy atom. The first-order chi connectivity index (χ1) is 6.95. The summed E-state index contributed by atoms with van der Waals surface area (Å²) in [7, 11) is -3.32. The maximum atomic E-state index is 13.2. The van der Waals surface area contributed by atoms with Crippen molar-refractivity contribution in [1.29, 1.82) is 0 Å². The third-order valence-corrected chi connectivity index (χ3v) is 4.23. The average Bonchev–Trinajstić information content (AvgIpc) is 2.36. The number of nitrogens with zero attached hydrogens (tertiary/aromatic N) is 1. The van der Waals surface area contributed by atoms with Gasteiger partial charge in [-0.25, -0.2) is 12.8 Å². The zero-order valence-electron chi connectivity index (χ0n) is 8.20. The fourth-order valence-electron chi connectivity index (χ4n) is 1.77. The molecule has 4 nitrogen and oxygen atoms in total. The molecule has 1 aromatic carbocycles. The minimum atomic E-state index is -3.32. The van der Waals surface area contributed by atoms with Gasteiger partial charge in [0.05, 0.1) is 17.1 Å². The normalized spacial score (nSPS) is 17.9. The molecule has 2 rings (SSSR count). The lowest BCUT2D eigenvalue weighted by molar-refractivity contribution is 0.594. The van der Waals surface area contributed by atoms with Crippen LogP contribution in [0.3, 0.4) is 0 Å². The summed E-state index contributed by atoms with van der Waals surface area (Å²) in [4.78, 5) is 0. The fourth-order valence-corrected chi connectivity index (χ4v) is 3.41. The molecular weight excluding hydrogens is 219 g/mol.